The van der Waals surface area contributed by atoms with Gasteiger partial charge in [-0.25, -0.2) is 0 Å². The quantitative estimate of drug-likeness (QED) is 0.547. The minimum Gasteiger partial charge on any atom is -0.497 e. The largest absolute Gasteiger partial charge is 0.497 e. The molecule has 2 saturated heterocycles. The van der Waals surface area contributed by atoms with Crippen molar-refractivity contribution < 1.29 is 14.6 Å². The zero-order valence-corrected chi connectivity index (χ0v) is 17.4. The number of aliphatic hydroxyl groups is 1. The lowest BCUT2D eigenvalue weighted by Gasteiger charge is -2.25. The summed E-state index contributed by atoms with van der Waals surface area (Å²) >= 11 is 0. The van der Waals surface area contributed by atoms with Crippen molar-refractivity contribution in [3.05, 3.63) is 23.8 Å². The highest BCUT2D eigenvalue weighted by Crippen LogP contribution is 2.29. The number of aliphatic hydroxyl groups excluding tert-OH is 1. The molecule has 2 N–H and O–H groups in total. The van der Waals surface area contributed by atoms with E-state index in [0.717, 1.165) is 25.6 Å². The second-order valence-electron chi connectivity index (χ2n) is 7.45. The first-order chi connectivity index (χ1) is 13.7. The smallest absolute Gasteiger partial charge is 0.194 e. The molecular weight excluding hydrogens is 356 g/mol. The van der Waals surface area contributed by atoms with Gasteiger partial charge in [-0.05, 0) is 57.5 Å². The number of ether oxygens (including phenoxy) is 2. The molecule has 2 atom stereocenters. The van der Waals surface area contributed by atoms with Crippen LogP contribution in [-0.4, -0.2) is 80.4 Å². The van der Waals surface area contributed by atoms with E-state index in [-0.39, 0.29) is 6.54 Å². The van der Waals surface area contributed by atoms with E-state index in [1.165, 1.54) is 32.4 Å². The van der Waals surface area contributed by atoms with Crippen LogP contribution in [0.5, 0.6) is 11.5 Å². The number of nitrogens with one attached hydrogen (secondary N) is 1. The molecule has 156 valence electrons. The molecular formula is C21H34N4O3. The summed E-state index contributed by atoms with van der Waals surface area (Å²) < 4.78 is 10.7. The minimum absolute atomic E-state index is 0.275. The number of hydrogen-bond acceptors (Lipinski definition) is 5. The average Bonchev–Trinajstić information content (AvgIpc) is 3.42. The van der Waals surface area contributed by atoms with Gasteiger partial charge in [-0.1, -0.05) is 0 Å². The molecule has 0 amide bonds. The normalized spacial score (nSPS) is 21.8. The molecule has 2 fully saturated rings. The molecule has 0 aliphatic carbocycles. The number of likely N-dealkylation sites (tertiary alicyclic amines) is 2. The molecule has 2 heterocycles. The molecule has 0 saturated carbocycles. The molecule has 1 aromatic rings. The van der Waals surface area contributed by atoms with Gasteiger partial charge in [0.25, 0.3) is 0 Å². The van der Waals surface area contributed by atoms with Gasteiger partial charge in [0.15, 0.2) is 5.96 Å². The third kappa shape index (κ3) is 4.89. The molecule has 2 aliphatic heterocycles. The third-order valence-electron chi connectivity index (χ3n) is 5.66. The summed E-state index contributed by atoms with van der Waals surface area (Å²) in [5.74, 6) is 2.22. The number of guanidine groups is 1. The van der Waals surface area contributed by atoms with Crippen molar-refractivity contribution >= 4 is 5.96 Å². The lowest BCUT2D eigenvalue weighted by atomic mass is 10.1. The van der Waals surface area contributed by atoms with Crippen molar-refractivity contribution in [2.24, 2.45) is 4.99 Å². The maximum Gasteiger partial charge on any atom is 0.194 e. The summed E-state index contributed by atoms with van der Waals surface area (Å²) in [5, 5.41) is 14.1. The maximum atomic E-state index is 10.7. The number of benzene rings is 1. The van der Waals surface area contributed by atoms with Crippen molar-refractivity contribution in [2.75, 3.05) is 53.5 Å². The van der Waals surface area contributed by atoms with E-state index >= 15 is 0 Å². The fraction of sp³-hybridized carbons (Fsp3) is 0.667. The van der Waals surface area contributed by atoms with Crippen LogP contribution in [0.15, 0.2) is 23.2 Å². The van der Waals surface area contributed by atoms with Crippen LogP contribution >= 0.6 is 0 Å². The third-order valence-corrected chi connectivity index (χ3v) is 5.66. The van der Waals surface area contributed by atoms with Gasteiger partial charge in [-0.15, -0.1) is 0 Å². The maximum absolute atomic E-state index is 10.7. The van der Waals surface area contributed by atoms with Gasteiger partial charge in [0.2, 0.25) is 0 Å². The lowest BCUT2D eigenvalue weighted by molar-refractivity contribution is 0.181. The fourth-order valence-corrected chi connectivity index (χ4v) is 4.14. The first kappa shape index (κ1) is 20.7. The molecule has 0 radical (unpaired) electrons. The zero-order chi connectivity index (χ0) is 19.9. The van der Waals surface area contributed by atoms with Crippen molar-refractivity contribution in [3.8, 4) is 11.5 Å². The molecule has 28 heavy (non-hydrogen) atoms. The Balaban J connectivity index is 1.67. The Kier molecular flexibility index (Phi) is 7.39. The van der Waals surface area contributed by atoms with Gasteiger partial charge in [0.1, 0.15) is 17.6 Å². The van der Waals surface area contributed by atoms with Crippen LogP contribution in [0.25, 0.3) is 0 Å². The highest BCUT2D eigenvalue weighted by atomic mass is 16.5. The Hall–Kier alpha value is -1.99. The van der Waals surface area contributed by atoms with E-state index < -0.39 is 6.10 Å². The molecule has 2 aliphatic rings. The number of nitrogens with zero attached hydrogens (tertiary/aromatic N) is 3. The van der Waals surface area contributed by atoms with Crippen molar-refractivity contribution in [2.45, 2.75) is 38.3 Å². The molecule has 2 unspecified atom stereocenters. The summed E-state index contributed by atoms with van der Waals surface area (Å²) in [7, 11) is 3.22. The van der Waals surface area contributed by atoms with Crippen LogP contribution in [0.1, 0.15) is 37.9 Å². The van der Waals surface area contributed by atoms with E-state index in [9.17, 15) is 5.11 Å². The van der Waals surface area contributed by atoms with E-state index in [0.29, 0.717) is 23.1 Å². The standard InChI is InChI=1S/C21H34N4O3/c1-4-22-21(25-12-9-16(15-25)24-10-5-6-11-24)23-14-19(26)18-13-17(27-2)7-8-20(18)28-3/h7-8,13,16,19,26H,4-6,9-12,14-15H2,1-3H3,(H,22,23). The van der Waals surface area contributed by atoms with Gasteiger partial charge < -0.3 is 24.8 Å². The van der Waals surface area contributed by atoms with Crippen LogP contribution in [0.2, 0.25) is 0 Å². The predicted octanol–water partition coefficient (Wildman–Crippen LogP) is 1.87. The van der Waals surface area contributed by atoms with E-state index in [1.54, 1.807) is 14.2 Å². The summed E-state index contributed by atoms with van der Waals surface area (Å²) in [4.78, 5) is 9.66. The van der Waals surface area contributed by atoms with E-state index in [1.807, 2.05) is 18.2 Å². The Morgan fingerprint density at radius 3 is 2.71 bits per heavy atom. The average molecular weight is 391 g/mol. The van der Waals surface area contributed by atoms with Crippen LogP contribution in [0.3, 0.4) is 0 Å². The van der Waals surface area contributed by atoms with E-state index in [2.05, 4.69) is 22.0 Å². The Labute approximate surface area is 168 Å². The molecule has 1 aromatic carbocycles. The Morgan fingerprint density at radius 2 is 2.04 bits per heavy atom. The van der Waals surface area contributed by atoms with Crippen molar-refractivity contribution in [1.82, 2.24) is 15.1 Å². The van der Waals surface area contributed by atoms with Gasteiger partial charge in [0, 0.05) is 31.2 Å². The molecule has 0 bridgehead atoms. The van der Waals surface area contributed by atoms with Crippen molar-refractivity contribution in [1.29, 1.82) is 0 Å². The highest BCUT2D eigenvalue weighted by Gasteiger charge is 2.30. The van der Waals surface area contributed by atoms with Crippen molar-refractivity contribution in [3.63, 3.8) is 0 Å². The lowest BCUT2D eigenvalue weighted by Crippen LogP contribution is -2.43. The topological polar surface area (TPSA) is 69.6 Å². The van der Waals surface area contributed by atoms with Gasteiger partial charge in [-0.3, -0.25) is 9.89 Å². The number of methoxy groups -OCH3 is 2. The molecule has 0 aromatic heterocycles. The second-order valence-corrected chi connectivity index (χ2v) is 7.45. The van der Waals surface area contributed by atoms with Gasteiger partial charge >= 0.3 is 0 Å². The van der Waals surface area contributed by atoms with Gasteiger partial charge in [0.05, 0.1) is 20.8 Å². The summed E-state index contributed by atoms with van der Waals surface area (Å²) in [6.07, 6.45) is 3.06. The molecule has 7 heteroatoms. The highest BCUT2D eigenvalue weighted by molar-refractivity contribution is 5.80. The molecule has 0 spiro atoms. The monoisotopic (exact) mass is 390 g/mol. The minimum atomic E-state index is -0.754. The number of hydrogen-bond donors (Lipinski definition) is 2. The second kappa shape index (κ2) is 9.98. The van der Waals surface area contributed by atoms with Crippen LogP contribution in [0, 0.1) is 0 Å². The predicted molar refractivity (Wildman–Crippen MR) is 111 cm³/mol. The molecule has 7 nitrogen and oxygen atoms in total. The van der Waals surface area contributed by atoms with Gasteiger partial charge in [-0.2, -0.15) is 0 Å². The van der Waals surface area contributed by atoms with Crippen LogP contribution in [-0.2, 0) is 0 Å². The summed E-state index contributed by atoms with van der Waals surface area (Å²) in [5.41, 5.74) is 0.692. The van der Waals surface area contributed by atoms with Crippen LogP contribution < -0.4 is 14.8 Å². The summed E-state index contributed by atoms with van der Waals surface area (Å²) in [6, 6.07) is 6.07. The van der Waals surface area contributed by atoms with Crippen LogP contribution in [0.4, 0.5) is 0 Å². The first-order valence-electron chi connectivity index (χ1n) is 10.3. The fourth-order valence-electron chi connectivity index (χ4n) is 4.14. The zero-order valence-electron chi connectivity index (χ0n) is 17.4. The number of aliphatic imine (C=N–C) groups is 1. The summed E-state index contributed by atoms with van der Waals surface area (Å²) in [6.45, 7) is 7.61. The van der Waals surface area contributed by atoms with E-state index in [4.69, 9.17) is 14.5 Å². The first-order valence-corrected chi connectivity index (χ1v) is 10.3. The molecule has 3 rings (SSSR count). The Bertz CT molecular complexity index is 661. The SMILES string of the molecule is CCNC(=NCC(O)c1cc(OC)ccc1OC)N1CCC(N2CCCC2)C1. The Morgan fingerprint density at radius 1 is 1.25 bits per heavy atom. The number of rotatable bonds is 7.